The Morgan fingerprint density at radius 3 is 2.42 bits per heavy atom. The van der Waals surface area contributed by atoms with E-state index in [0.717, 1.165) is 44.1 Å². The molecule has 1 aliphatic heterocycles. The highest BCUT2D eigenvalue weighted by Crippen LogP contribution is 2.46. The van der Waals surface area contributed by atoms with Gasteiger partial charge in [-0.15, -0.1) is 12.4 Å². The SMILES string of the molecule is CNCC(=O)N1CCN(C2CC3CCC2C3)CC1.Cl. The molecular weight excluding hydrogens is 262 g/mol. The first kappa shape index (κ1) is 15.1. The van der Waals surface area contributed by atoms with Crippen LogP contribution in [0.4, 0.5) is 0 Å². The fraction of sp³-hybridized carbons (Fsp3) is 0.929. The molecule has 3 atom stereocenters. The summed E-state index contributed by atoms with van der Waals surface area (Å²) < 4.78 is 0. The third-order valence-electron chi connectivity index (χ3n) is 5.16. The lowest BCUT2D eigenvalue weighted by Crippen LogP contribution is -2.54. The number of carbonyl (C=O) groups is 1. The zero-order valence-electron chi connectivity index (χ0n) is 11.8. The predicted octanol–water partition coefficient (Wildman–Crippen LogP) is 0.960. The largest absolute Gasteiger partial charge is 0.339 e. The number of nitrogens with zero attached hydrogens (tertiary/aromatic N) is 2. The molecule has 0 radical (unpaired) electrons. The first-order chi connectivity index (χ1) is 8.78. The molecule has 1 saturated heterocycles. The molecule has 4 nitrogen and oxygen atoms in total. The van der Waals surface area contributed by atoms with Crippen molar-refractivity contribution in [3.63, 3.8) is 0 Å². The zero-order valence-corrected chi connectivity index (χ0v) is 12.6. The Hall–Kier alpha value is -0.320. The number of piperazine rings is 1. The Morgan fingerprint density at radius 2 is 1.89 bits per heavy atom. The van der Waals surface area contributed by atoms with Gasteiger partial charge in [-0.1, -0.05) is 6.42 Å². The minimum Gasteiger partial charge on any atom is -0.339 e. The van der Waals surface area contributed by atoms with Gasteiger partial charge in [0.05, 0.1) is 6.54 Å². The molecule has 0 aromatic heterocycles. The van der Waals surface area contributed by atoms with Crippen LogP contribution in [0.2, 0.25) is 0 Å². The van der Waals surface area contributed by atoms with E-state index in [1.54, 1.807) is 0 Å². The van der Waals surface area contributed by atoms with E-state index in [0.29, 0.717) is 6.54 Å². The summed E-state index contributed by atoms with van der Waals surface area (Å²) in [4.78, 5) is 16.5. The van der Waals surface area contributed by atoms with Crippen LogP contribution >= 0.6 is 12.4 Å². The molecule has 110 valence electrons. The molecule has 1 amide bonds. The van der Waals surface area contributed by atoms with Gasteiger partial charge >= 0.3 is 0 Å². The van der Waals surface area contributed by atoms with E-state index in [1.807, 2.05) is 11.9 Å². The normalized spacial score (nSPS) is 34.4. The molecular formula is C14H26ClN3O. The Kier molecular flexibility index (Phi) is 5.09. The molecule has 1 N–H and O–H groups in total. The monoisotopic (exact) mass is 287 g/mol. The molecule has 0 spiro atoms. The maximum atomic E-state index is 11.8. The summed E-state index contributed by atoms with van der Waals surface area (Å²) >= 11 is 0. The number of nitrogens with one attached hydrogen (secondary N) is 1. The number of carbonyl (C=O) groups excluding carboxylic acids is 1. The molecule has 5 heteroatoms. The van der Waals surface area contributed by atoms with Crippen LogP contribution in [-0.4, -0.2) is 61.5 Å². The van der Waals surface area contributed by atoms with Gasteiger partial charge in [-0.25, -0.2) is 0 Å². The van der Waals surface area contributed by atoms with Crippen molar-refractivity contribution < 1.29 is 4.79 Å². The number of hydrogen-bond donors (Lipinski definition) is 1. The minimum atomic E-state index is 0. The van der Waals surface area contributed by atoms with E-state index < -0.39 is 0 Å². The maximum Gasteiger partial charge on any atom is 0.236 e. The fourth-order valence-electron chi connectivity index (χ4n) is 4.22. The maximum absolute atomic E-state index is 11.8. The topological polar surface area (TPSA) is 35.6 Å². The Labute approximate surface area is 122 Å². The second kappa shape index (κ2) is 6.42. The van der Waals surface area contributed by atoms with E-state index in [9.17, 15) is 4.79 Å². The number of halogens is 1. The molecule has 2 aliphatic carbocycles. The molecule has 1 heterocycles. The van der Waals surface area contributed by atoms with Crippen LogP contribution in [0.15, 0.2) is 0 Å². The Balaban J connectivity index is 0.00000133. The van der Waals surface area contributed by atoms with Gasteiger partial charge in [0, 0.05) is 32.2 Å². The summed E-state index contributed by atoms with van der Waals surface area (Å²) in [7, 11) is 1.84. The number of likely N-dealkylation sites (N-methyl/N-ethyl adjacent to an activating group) is 1. The molecule has 3 unspecified atom stereocenters. The van der Waals surface area contributed by atoms with Crippen molar-refractivity contribution in [2.75, 3.05) is 39.8 Å². The highest BCUT2D eigenvalue weighted by atomic mass is 35.5. The van der Waals surface area contributed by atoms with E-state index in [-0.39, 0.29) is 18.3 Å². The van der Waals surface area contributed by atoms with Crippen molar-refractivity contribution in [3.05, 3.63) is 0 Å². The third kappa shape index (κ3) is 3.06. The lowest BCUT2D eigenvalue weighted by Gasteiger charge is -2.41. The fourth-order valence-corrected chi connectivity index (χ4v) is 4.22. The van der Waals surface area contributed by atoms with E-state index >= 15 is 0 Å². The van der Waals surface area contributed by atoms with E-state index in [1.165, 1.54) is 25.7 Å². The van der Waals surface area contributed by atoms with Gasteiger partial charge < -0.3 is 10.2 Å². The summed E-state index contributed by atoms with van der Waals surface area (Å²) in [5, 5.41) is 2.95. The summed E-state index contributed by atoms with van der Waals surface area (Å²) in [6.45, 7) is 4.50. The van der Waals surface area contributed by atoms with Crippen LogP contribution < -0.4 is 5.32 Å². The average Bonchev–Trinajstić information content (AvgIpc) is 3.01. The van der Waals surface area contributed by atoms with Gasteiger partial charge in [-0.3, -0.25) is 9.69 Å². The van der Waals surface area contributed by atoms with Gasteiger partial charge in [-0.2, -0.15) is 0 Å². The van der Waals surface area contributed by atoms with Crippen LogP contribution in [0, 0.1) is 11.8 Å². The van der Waals surface area contributed by atoms with E-state index in [2.05, 4.69) is 10.2 Å². The van der Waals surface area contributed by atoms with Crippen molar-refractivity contribution in [1.82, 2.24) is 15.1 Å². The molecule has 2 bridgehead atoms. The van der Waals surface area contributed by atoms with Crippen LogP contribution in [0.1, 0.15) is 25.7 Å². The zero-order chi connectivity index (χ0) is 12.5. The molecule has 0 aromatic rings. The van der Waals surface area contributed by atoms with Crippen molar-refractivity contribution in [3.8, 4) is 0 Å². The highest BCUT2D eigenvalue weighted by Gasteiger charge is 2.42. The molecule has 3 fully saturated rings. The smallest absolute Gasteiger partial charge is 0.236 e. The summed E-state index contributed by atoms with van der Waals surface area (Å²) in [5.74, 6) is 2.24. The van der Waals surface area contributed by atoms with Crippen molar-refractivity contribution in [2.45, 2.75) is 31.7 Å². The summed E-state index contributed by atoms with van der Waals surface area (Å²) in [5.41, 5.74) is 0. The standard InChI is InChI=1S/C14H25N3O.ClH/c1-15-10-14(18)17-6-4-16(5-7-17)13-9-11-2-3-12(13)8-11;/h11-13,15H,2-10H2,1H3;1H. The minimum absolute atomic E-state index is 0. The van der Waals surface area contributed by atoms with Crippen LogP contribution in [0.5, 0.6) is 0 Å². The van der Waals surface area contributed by atoms with Gasteiger partial charge in [0.2, 0.25) is 5.91 Å². The second-order valence-electron chi connectivity index (χ2n) is 6.19. The molecule has 3 rings (SSSR count). The third-order valence-corrected chi connectivity index (χ3v) is 5.16. The molecule has 2 saturated carbocycles. The Bertz CT molecular complexity index is 318. The van der Waals surface area contributed by atoms with Crippen molar-refractivity contribution in [2.24, 2.45) is 11.8 Å². The average molecular weight is 288 g/mol. The molecule has 3 aliphatic rings. The van der Waals surface area contributed by atoms with Gasteiger partial charge in [0.25, 0.3) is 0 Å². The van der Waals surface area contributed by atoms with Crippen molar-refractivity contribution >= 4 is 18.3 Å². The Morgan fingerprint density at radius 1 is 1.16 bits per heavy atom. The first-order valence-electron chi connectivity index (χ1n) is 7.44. The summed E-state index contributed by atoms with van der Waals surface area (Å²) in [6, 6.07) is 0.838. The van der Waals surface area contributed by atoms with Gasteiger partial charge in [0.1, 0.15) is 0 Å². The van der Waals surface area contributed by atoms with Crippen LogP contribution in [-0.2, 0) is 4.79 Å². The second-order valence-corrected chi connectivity index (χ2v) is 6.19. The predicted molar refractivity (Wildman–Crippen MR) is 78.6 cm³/mol. The van der Waals surface area contributed by atoms with Crippen LogP contribution in [0.25, 0.3) is 0 Å². The quantitative estimate of drug-likeness (QED) is 0.840. The van der Waals surface area contributed by atoms with Crippen LogP contribution in [0.3, 0.4) is 0 Å². The lowest BCUT2D eigenvalue weighted by atomic mass is 9.93. The first-order valence-corrected chi connectivity index (χ1v) is 7.44. The lowest BCUT2D eigenvalue weighted by molar-refractivity contribution is -0.132. The highest BCUT2D eigenvalue weighted by molar-refractivity contribution is 5.85. The van der Waals surface area contributed by atoms with Gasteiger partial charge in [-0.05, 0) is 38.1 Å². The number of hydrogen-bond acceptors (Lipinski definition) is 3. The number of amides is 1. The van der Waals surface area contributed by atoms with Crippen molar-refractivity contribution in [1.29, 1.82) is 0 Å². The van der Waals surface area contributed by atoms with Gasteiger partial charge in [0.15, 0.2) is 0 Å². The number of rotatable bonds is 3. The molecule has 19 heavy (non-hydrogen) atoms. The molecule has 0 aromatic carbocycles. The summed E-state index contributed by atoms with van der Waals surface area (Å²) in [6.07, 6.45) is 5.83. The number of fused-ring (bicyclic) bond motifs is 2. The van der Waals surface area contributed by atoms with E-state index in [4.69, 9.17) is 0 Å².